The van der Waals surface area contributed by atoms with Crippen molar-refractivity contribution >= 4 is 28.8 Å². The number of hydrogen-bond donors (Lipinski definition) is 3. The average molecular weight is 875 g/mol. The molecule has 2 aliphatic carbocycles. The van der Waals surface area contributed by atoms with Crippen LogP contribution in [0.3, 0.4) is 0 Å². The van der Waals surface area contributed by atoms with Crippen molar-refractivity contribution in [3.05, 3.63) is 88.8 Å². The molecular weight excluding hydrogens is 813 g/mol. The van der Waals surface area contributed by atoms with Gasteiger partial charge in [-0.1, -0.05) is 56.2 Å². The number of rotatable bonds is 8. The van der Waals surface area contributed by atoms with E-state index in [1.165, 1.54) is 26.7 Å². The monoisotopic (exact) mass is 874 g/mol. The number of aromatic hydroxyl groups is 1. The molecule has 0 radical (unpaired) electrons. The molecule has 4 fully saturated rings. The zero-order valence-corrected chi connectivity index (χ0v) is 38.1. The highest BCUT2D eigenvalue weighted by atomic mass is 16.6. The molecule has 13 nitrogen and oxygen atoms in total. The second-order valence-electron chi connectivity index (χ2n) is 19.6. The fourth-order valence-electron chi connectivity index (χ4n) is 14.4. The molecule has 0 amide bonds. The molecule has 10 rings (SSSR count). The number of nitrogens with one attached hydrogen (secondary N) is 1. The number of hydrogen-bond acceptors (Lipinski definition) is 12. The van der Waals surface area contributed by atoms with Crippen LogP contribution in [0.25, 0.3) is 22.0 Å². The number of aromatic amines is 1. The van der Waals surface area contributed by atoms with E-state index in [0.717, 1.165) is 90.0 Å². The zero-order chi connectivity index (χ0) is 45.0. The number of nitrogens with zero attached hydrogens (tertiary/aromatic N) is 3. The molecule has 5 aliphatic heterocycles. The predicted molar refractivity (Wildman–Crippen MR) is 240 cm³/mol. The van der Waals surface area contributed by atoms with Gasteiger partial charge in [-0.05, 0) is 103 Å². The van der Waals surface area contributed by atoms with Gasteiger partial charge in [-0.3, -0.25) is 19.4 Å². The first kappa shape index (κ1) is 43.0. The van der Waals surface area contributed by atoms with Gasteiger partial charge in [0.2, 0.25) is 5.60 Å². The maximum absolute atomic E-state index is 15.5. The number of likely N-dealkylation sites (N-methyl/N-ethyl adjacent to an activating group) is 1. The molecule has 64 heavy (non-hydrogen) atoms. The van der Waals surface area contributed by atoms with Crippen molar-refractivity contribution in [3.63, 3.8) is 0 Å². The van der Waals surface area contributed by atoms with E-state index in [4.69, 9.17) is 18.9 Å². The summed E-state index contributed by atoms with van der Waals surface area (Å²) in [6, 6.07) is 12.5. The Balaban J connectivity index is 1.23. The summed E-state index contributed by atoms with van der Waals surface area (Å²) in [6.45, 7) is 9.43. The minimum atomic E-state index is -2.22. The number of likely N-dealkylation sites (tertiary alicyclic amines) is 1. The van der Waals surface area contributed by atoms with Crippen molar-refractivity contribution < 1.29 is 43.5 Å². The summed E-state index contributed by atoms with van der Waals surface area (Å²) in [5, 5.41) is 24.8. The molecule has 1 spiro atoms. The Morgan fingerprint density at radius 1 is 0.953 bits per heavy atom. The topological polar surface area (TPSA) is 154 Å². The van der Waals surface area contributed by atoms with Gasteiger partial charge in [-0.2, -0.15) is 0 Å². The van der Waals surface area contributed by atoms with Crippen molar-refractivity contribution in [2.24, 2.45) is 29.1 Å². The maximum Gasteiger partial charge on any atom is 0.344 e. The van der Waals surface area contributed by atoms with Gasteiger partial charge in [0.05, 0.1) is 26.4 Å². The molecular formula is C51H62N4O9. The number of benzene rings is 2. The lowest BCUT2D eigenvalue weighted by atomic mass is 9.50. The summed E-state index contributed by atoms with van der Waals surface area (Å²) < 4.78 is 24.3. The zero-order valence-electron chi connectivity index (χ0n) is 38.1. The van der Waals surface area contributed by atoms with Crippen LogP contribution in [0.5, 0.6) is 5.75 Å². The van der Waals surface area contributed by atoms with Crippen molar-refractivity contribution in [1.82, 2.24) is 19.7 Å². The van der Waals surface area contributed by atoms with E-state index < -0.39 is 52.5 Å². The summed E-state index contributed by atoms with van der Waals surface area (Å²) in [4.78, 5) is 53.8. The van der Waals surface area contributed by atoms with Gasteiger partial charge in [0.25, 0.3) is 0 Å². The van der Waals surface area contributed by atoms with E-state index in [1.54, 1.807) is 19.2 Å². The van der Waals surface area contributed by atoms with Crippen molar-refractivity contribution in [3.8, 4) is 16.9 Å². The van der Waals surface area contributed by atoms with Crippen LogP contribution >= 0.6 is 0 Å². The van der Waals surface area contributed by atoms with Crippen LogP contribution in [0.1, 0.15) is 64.1 Å². The maximum atomic E-state index is 15.5. The largest absolute Gasteiger partial charge is 0.508 e. The lowest BCUT2D eigenvalue weighted by Gasteiger charge is -2.61. The number of phenolic OH excluding ortho intramolecular Hbond substituents is 1. The lowest BCUT2D eigenvalue weighted by molar-refractivity contribution is -0.238. The highest BCUT2D eigenvalue weighted by Gasteiger charge is 2.79. The molecule has 4 unspecified atom stereocenters. The number of H-pyrrole nitrogens is 1. The number of methoxy groups -OCH3 is 3. The molecule has 3 N–H and O–H groups in total. The summed E-state index contributed by atoms with van der Waals surface area (Å²) >= 11 is 0. The number of allylic oxidation sites excluding steroid dienone is 1. The highest BCUT2D eigenvalue weighted by molar-refractivity contribution is 5.94. The van der Waals surface area contributed by atoms with E-state index in [0.29, 0.717) is 19.4 Å². The van der Waals surface area contributed by atoms with Crippen molar-refractivity contribution in [2.45, 2.75) is 94.7 Å². The van der Waals surface area contributed by atoms with Gasteiger partial charge in [0, 0.05) is 86.3 Å². The number of aromatic nitrogens is 1. The molecule has 13 heteroatoms. The molecule has 12 atom stereocenters. The average Bonchev–Trinajstić information content (AvgIpc) is 3.94. The van der Waals surface area contributed by atoms with Gasteiger partial charge in [0.15, 0.2) is 0 Å². The summed E-state index contributed by atoms with van der Waals surface area (Å²) in [5.74, 6) is -2.46. The Bertz CT molecular complexity index is 2510. The van der Waals surface area contributed by atoms with Crippen molar-refractivity contribution in [1.29, 1.82) is 0 Å². The number of carbonyl (C=O) groups is 3. The molecule has 6 heterocycles. The first-order valence-electron chi connectivity index (χ1n) is 23.2. The lowest BCUT2D eigenvalue weighted by Crippen LogP contribution is -2.77. The van der Waals surface area contributed by atoms with E-state index >= 15 is 4.79 Å². The number of fused-ring (bicyclic) bond motifs is 6. The normalized spacial score (nSPS) is 36.3. The highest BCUT2D eigenvalue weighted by Crippen LogP contribution is 2.68. The Labute approximate surface area is 375 Å². The van der Waals surface area contributed by atoms with Gasteiger partial charge < -0.3 is 39.0 Å². The van der Waals surface area contributed by atoms with Crippen LogP contribution in [-0.4, -0.2) is 132 Å². The third-order valence-corrected chi connectivity index (χ3v) is 16.7. The third kappa shape index (κ3) is 5.92. The van der Waals surface area contributed by atoms with Crippen molar-refractivity contribution in [2.75, 3.05) is 54.6 Å². The number of esters is 3. The first-order chi connectivity index (χ1) is 30.8. The molecule has 7 aliphatic rings. The minimum absolute atomic E-state index is 0.0160. The first-order valence-corrected chi connectivity index (χ1v) is 23.2. The van der Waals surface area contributed by atoms with Crippen LogP contribution < -0.4 is 0 Å². The minimum Gasteiger partial charge on any atom is -0.508 e. The quantitative estimate of drug-likeness (QED) is 0.141. The van der Waals surface area contributed by atoms with E-state index in [-0.39, 0.29) is 35.5 Å². The number of ether oxygens (including phenoxy) is 4. The van der Waals surface area contributed by atoms with Gasteiger partial charge >= 0.3 is 17.9 Å². The smallest absolute Gasteiger partial charge is 0.344 e. The van der Waals surface area contributed by atoms with E-state index in [2.05, 4.69) is 59.0 Å². The van der Waals surface area contributed by atoms with Crippen LogP contribution in [-0.2, 0) is 45.3 Å². The standard InChI is InChI=1S/C51H62N4O9/c1-8-29-19-30-24-50(47(58)62-6,43-36(27-54(25-29)26-30)35-21-33(13-14-39(35)52-43)32-11-10-12-34(57)20-32)38-22-37-40(23-41(38)61-5)53(4)46-49(37)16-18-55-17-15-31(9-2)42(44(49)55)45(64-28(3)56)51(46,60)48(59)63-7/h10-14,19-23,30-31,38,41-42,44-46,52,57,60H,8-9,15-18,24-27H2,1-7H3/t30-,31+,38?,41?,42?,44+,45-,46-,49-,50+,51-/m1/s1. The van der Waals surface area contributed by atoms with E-state index in [1.807, 2.05) is 30.1 Å². The third-order valence-electron chi connectivity index (χ3n) is 16.7. The molecule has 2 bridgehead atoms. The van der Waals surface area contributed by atoms with Crippen LogP contribution in [0.15, 0.2) is 77.5 Å². The molecule has 340 valence electrons. The predicted octanol–water partition coefficient (Wildman–Crippen LogP) is 5.85. The number of carbonyl (C=O) groups excluding carboxylic acids is 3. The Kier molecular flexibility index (Phi) is 10.5. The summed E-state index contributed by atoms with van der Waals surface area (Å²) in [5.41, 5.74) is 3.35. The molecule has 1 saturated carbocycles. The van der Waals surface area contributed by atoms with Gasteiger partial charge in [-0.15, -0.1) is 0 Å². The van der Waals surface area contributed by atoms with Crippen LogP contribution in [0, 0.1) is 29.1 Å². The molecule has 1 aromatic heterocycles. The summed E-state index contributed by atoms with van der Waals surface area (Å²) in [6.07, 6.45) is 8.54. The Morgan fingerprint density at radius 3 is 2.44 bits per heavy atom. The van der Waals surface area contributed by atoms with Crippen LogP contribution in [0.4, 0.5) is 0 Å². The molecule has 2 aromatic carbocycles. The number of phenols is 1. The second kappa shape index (κ2) is 15.6. The second-order valence-corrected chi connectivity index (χ2v) is 19.6. The summed E-state index contributed by atoms with van der Waals surface area (Å²) in [7, 11) is 6.34. The van der Waals surface area contributed by atoms with E-state index in [9.17, 15) is 19.8 Å². The fourth-order valence-corrected chi connectivity index (χ4v) is 14.4. The SMILES string of the molecule is CCC1=C[C@H]2CN(C1)Cc1c([nH]c3ccc(-c4cccc(O)c4)cc13)[C@@](C(=O)OC)(C1C=C3C(=CC1OC)N(C)[C@H]1[C@@](O)(C(=O)OC)[C@H](OC(C)=O)C4[C@@H](CC)CCN5CC[C@]31[C@H]45)C2. The number of aliphatic hydroxyl groups is 1. The molecule has 3 aromatic rings. The molecule has 3 saturated heterocycles. The number of piperidine rings is 1. The van der Waals surface area contributed by atoms with Crippen LogP contribution in [0.2, 0.25) is 0 Å². The Hall–Kier alpha value is -4.95. The van der Waals surface area contributed by atoms with Gasteiger partial charge in [-0.25, -0.2) is 4.79 Å². The van der Waals surface area contributed by atoms with Gasteiger partial charge in [0.1, 0.15) is 17.3 Å². The Morgan fingerprint density at radius 2 is 1.73 bits per heavy atom. The fraction of sp³-hybridized carbons (Fsp3) is 0.549.